The maximum absolute atomic E-state index is 3.73. The highest BCUT2D eigenvalue weighted by Gasteiger charge is 2.33. The lowest BCUT2D eigenvalue weighted by atomic mass is 9.75. The first-order valence-electron chi connectivity index (χ1n) is 5.61. The first-order chi connectivity index (χ1) is 6.85. The quantitative estimate of drug-likeness (QED) is 0.785. The van der Waals surface area contributed by atoms with Gasteiger partial charge in [-0.05, 0) is 61.0 Å². The summed E-state index contributed by atoms with van der Waals surface area (Å²) in [7, 11) is 0. The van der Waals surface area contributed by atoms with Crippen LogP contribution in [0.25, 0.3) is 0 Å². The van der Waals surface area contributed by atoms with E-state index in [0.717, 1.165) is 6.54 Å². The Kier molecular flexibility index (Phi) is 3.24. The Balaban J connectivity index is 1.72. The van der Waals surface area contributed by atoms with E-state index in [1.54, 1.807) is 11.3 Å². The molecule has 2 rings (SSSR count). The SMILES string of the molecule is CCC1(NCCc2ccsc2)CCC1. The lowest BCUT2D eigenvalue weighted by Crippen LogP contribution is -2.50. The summed E-state index contributed by atoms with van der Waals surface area (Å²) < 4.78 is 0. The number of thiophene rings is 1. The van der Waals surface area contributed by atoms with Gasteiger partial charge in [-0.3, -0.25) is 0 Å². The van der Waals surface area contributed by atoms with Crippen LogP contribution in [0, 0.1) is 0 Å². The summed E-state index contributed by atoms with van der Waals surface area (Å²) in [6, 6.07) is 2.23. The Bertz CT molecular complexity index is 256. The molecule has 2 heteroatoms. The van der Waals surface area contributed by atoms with E-state index in [4.69, 9.17) is 0 Å². The van der Waals surface area contributed by atoms with Gasteiger partial charge in [0, 0.05) is 5.54 Å². The lowest BCUT2D eigenvalue weighted by molar-refractivity contribution is 0.179. The zero-order chi connectivity index (χ0) is 9.86. The van der Waals surface area contributed by atoms with Crippen LogP contribution in [-0.2, 0) is 6.42 Å². The summed E-state index contributed by atoms with van der Waals surface area (Å²) in [5, 5.41) is 8.14. The molecule has 0 radical (unpaired) electrons. The van der Waals surface area contributed by atoms with Crippen LogP contribution < -0.4 is 5.32 Å². The molecule has 0 amide bonds. The Labute approximate surface area is 90.5 Å². The highest BCUT2D eigenvalue weighted by molar-refractivity contribution is 7.07. The second kappa shape index (κ2) is 4.45. The summed E-state index contributed by atoms with van der Waals surface area (Å²) in [4.78, 5) is 0. The van der Waals surface area contributed by atoms with Crippen LogP contribution in [0.5, 0.6) is 0 Å². The van der Waals surface area contributed by atoms with Gasteiger partial charge in [0.1, 0.15) is 0 Å². The molecule has 0 bridgehead atoms. The minimum absolute atomic E-state index is 0.510. The zero-order valence-electron chi connectivity index (χ0n) is 8.88. The van der Waals surface area contributed by atoms with Crippen LogP contribution in [0.1, 0.15) is 38.2 Å². The van der Waals surface area contributed by atoms with E-state index in [9.17, 15) is 0 Å². The van der Waals surface area contributed by atoms with Crippen molar-refractivity contribution >= 4 is 11.3 Å². The monoisotopic (exact) mass is 209 g/mol. The van der Waals surface area contributed by atoms with Crippen molar-refractivity contribution in [3.05, 3.63) is 22.4 Å². The molecule has 0 aliphatic heterocycles. The molecule has 1 fully saturated rings. The first-order valence-corrected chi connectivity index (χ1v) is 6.55. The van der Waals surface area contributed by atoms with Crippen LogP contribution in [0.4, 0.5) is 0 Å². The van der Waals surface area contributed by atoms with Gasteiger partial charge < -0.3 is 5.32 Å². The van der Waals surface area contributed by atoms with Crippen molar-refractivity contribution in [3.63, 3.8) is 0 Å². The van der Waals surface area contributed by atoms with Gasteiger partial charge in [0.05, 0.1) is 0 Å². The summed E-state index contributed by atoms with van der Waals surface area (Å²) in [6.07, 6.45) is 6.65. The van der Waals surface area contributed by atoms with E-state index in [1.165, 1.54) is 37.7 Å². The van der Waals surface area contributed by atoms with Crippen molar-refractivity contribution in [1.82, 2.24) is 5.32 Å². The molecule has 1 aliphatic rings. The summed E-state index contributed by atoms with van der Waals surface area (Å²) in [5.74, 6) is 0. The van der Waals surface area contributed by atoms with E-state index in [2.05, 4.69) is 29.1 Å². The smallest absolute Gasteiger partial charge is 0.0179 e. The minimum atomic E-state index is 0.510. The molecule has 0 atom stereocenters. The van der Waals surface area contributed by atoms with Gasteiger partial charge in [-0.15, -0.1) is 0 Å². The minimum Gasteiger partial charge on any atom is -0.311 e. The van der Waals surface area contributed by atoms with Crippen molar-refractivity contribution in [2.24, 2.45) is 0 Å². The van der Waals surface area contributed by atoms with E-state index in [1.807, 2.05) is 0 Å². The Morgan fingerprint density at radius 2 is 2.36 bits per heavy atom. The van der Waals surface area contributed by atoms with Gasteiger partial charge in [-0.2, -0.15) is 11.3 Å². The molecule has 1 N–H and O–H groups in total. The van der Waals surface area contributed by atoms with Gasteiger partial charge in [0.25, 0.3) is 0 Å². The van der Waals surface area contributed by atoms with E-state index < -0.39 is 0 Å². The standard InChI is InChI=1S/C12H19NS/c1-2-12(6-3-7-12)13-8-4-11-5-9-14-10-11/h5,9-10,13H,2-4,6-8H2,1H3. The fraction of sp³-hybridized carbons (Fsp3) is 0.667. The van der Waals surface area contributed by atoms with Crippen molar-refractivity contribution in [3.8, 4) is 0 Å². The molecule has 1 saturated carbocycles. The third kappa shape index (κ3) is 2.18. The highest BCUT2D eigenvalue weighted by atomic mass is 32.1. The second-order valence-electron chi connectivity index (χ2n) is 4.30. The Morgan fingerprint density at radius 1 is 1.50 bits per heavy atom. The molecular formula is C12H19NS. The first kappa shape index (κ1) is 10.2. The topological polar surface area (TPSA) is 12.0 Å². The highest BCUT2D eigenvalue weighted by Crippen LogP contribution is 2.34. The fourth-order valence-electron chi connectivity index (χ4n) is 2.17. The number of nitrogens with one attached hydrogen (secondary N) is 1. The molecule has 14 heavy (non-hydrogen) atoms. The average Bonchev–Trinajstić information content (AvgIpc) is 2.62. The lowest BCUT2D eigenvalue weighted by Gasteiger charge is -2.42. The van der Waals surface area contributed by atoms with Crippen LogP contribution in [-0.4, -0.2) is 12.1 Å². The van der Waals surface area contributed by atoms with E-state index in [-0.39, 0.29) is 0 Å². The van der Waals surface area contributed by atoms with Gasteiger partial charge in [-0.25, -0.2) is 0 Å². The zero-order valence-corrected chi connectivity index (χ0v) is 9.70. The molecular weight excluding hydrogens is 190 g/mol. The van der Waals surface area contributed by atoms with E-state index in [0.29, 0.717) is 5.54 Å². The van der Waals surface area contributed by atoms with Gasteiger partial charge >= 0.3 is 0 Å². The third-order valence-electron chi connectivity index (χ3n) is 3.48. The molecule has 78 valence electrons. The van der Waals surface area contributed by atoms with Crippen molar-refractivity contribution in [2.45, 2.75) is 44.6 Å². The maximum atomic E-state index is 3.73. The van der Waals surface area contributed by atoms with Crippen LogP contribution in [0.3, 0.4) is 0 Å². The fourth-order valence-corrected chi connectivity index (χ4v) is 2.87. The Morgan fingerprint density at radius 3 is 2.86 bits per heavy atom. The largest absolute Gasteiger partial charge is 0.311 e. The molecule has 1 aromatic rings. The normalized spacial score (nSPS) is 19.2. The van der Waals surface area contributed by atoms with Gasteiger partial charge in [0.15, 0.2) is 0 Å². The predicted molar refractivity (Wildman–Crippen MR) is 62.9 cm³/mol. The molecule has 1 aliphatic carbocycles. The average molecular weight is 209 g/mol. The Hall–Kier alpha value is -0.340. The van der Waals surface area contributed by atoms with Crippen LogP contribution >= 0.6 is 11.3 Å². The van der Waals surface area contributed by atoms with Gasteiger partial charge in [0.2, 0.25) is 0 Å². The number of hydrogen-bond acceptors (Lipinski definition) is 2. The summed E-state index contributed by atoms with van der Waals surface area (Å²) >= 11 is 1.80. The molecule has 1 aromatic heterocycles. The molecule has 0 spiro atoms. The molecule has 0 aromatic carbocycles. The molecule has 1 heterocycles. The second-order valence-corrected chi connectivity index (χ2v) is 5.08. The molecule has 0 saturated heterocycles. The van der Waals surface area contributed by atoms with Crippen molar-refractivity contribution in [2.75, 3.05) is 6.54 Å². The summed E-state index contributed by atoms with van der Waals surface area (Å²) in [6.45, 7) is 3.45. The molecule has 0 unspecified atom stereocenters. The summed E-state index contributed by atoms with van der Waals surface area (Å²) in [5.41, 5.74) is 1.99. The number of rotatable bonds is 5. The van der Waals surface area contributed by atoms with Crippen LogP contribution in [0.2, 0.25) is 0 Å². The van der Waals surface area contributed by atoms with Crippen molar-refractivity contribution in [1.29, 1.82) is 0 Å². The van der Waals surface area contributed by atoms with E-state index >= 15 is 0 Å². The third-order valence-corrected chi connectivity index (χ3v) is 4.21. The molecule has 1 nitrogen and oxygen atoms in total. The van der Waals surface area contributed by atoms with Crippen LogP contribution in [0.15, 0.2) is 16.8 Å². The number of hydrogen-bond donors (Lipinski definition) is 1. The van der Waals surface area contributed by atoms with Gasteiger partial charge in [-0.1, -0.05) is 6.92 Å². The predicted octanol–water partition coefficient (Wildman–Crippen LogP) is 3.21. The maximum Gasteiger partial charge on any atom is 0.0179 e. The van der Waals surface area contributed by atoms with Crippen molar-refractivity contribution < 1.29 is 0 Å².